The molecule has 1 aromatic rings. The van der Waals surface area contributed by atoms with Crippen LogP contribution in [0.1, 0.15) is 44.9 Å². The minimum Gasteiger partial charge on any atom is -0.436 e. The topological polar surface area (TPSA) is 95.0 Å². The number of hydrogen-bond donors (Lipinski definition) is 2. The number of terminal acetylenes is 1. The number of rotatable bonds is 4. The fraction of sp³-hybridized carbons (Fsp3) is 0.609. The van der Waals surface area contributed by atoms with Gasteiger partial charge < -0.3 is 19.6 Å². The number of nitrogens with one attached hydrogen (secondary N) is 1. The molecule has 1 saturated carbocycles. The lowest BCUT2D eigenvalue weighted by Gasteiger charge is -2.40. The van der Waals surface area contributed by atoms with Gasteiger partial charge in [-0.1, -0.05) is 5.92 Å². The Hall–Kier alpha value is -2.79. The lowest BCUT2D eigenvalue weighted by molar-refractivity contribution is -0.139. The number of hydrogen-bond acceptors (Lipinski definition) is 6. The normalized spacial score (nSPS) is 25.4. The predicted octanol–water partition coefficient (Wildman–Crippen LogP) is 2.39. The summed E-state index contributed by atoms with van der Waals surface area (Å²) in [5, 5.41) is 12.3. The number of anilines is 2. The number of pyridine rings is 1. The van der Waals surface area contributed by atoms with E-state index in [2.05, 4.69) is 26.0 Å². The van der Waals surface area contributed by atoms with Gasteiger partial charge in [0.25, 0.3) is 0 Å². The van der Waals surface area contributed by atoms with E-state index in [-0.39, 0.29) is 18.1 Å². The van der Waals surface area contributed by atoms with E-state index in [0.29, 0.717) is 17.6 Å². The first-order valence-electron chi connectivity index (χ1n) is 11.1. The maximum atomic E-state index is 13.3. The summed E-state index contributed by atoms with van der Waals surface area (Å²) in [6, 6.07) is 3.94. The SMILES string of the molecule is C#CCOC(=O)Nc1ccc(N2CCC3(CC2)CCN(C2CCC(O)CC2)C3=O)nc1. The van der Waals surface area contributed by atoms with Gasteiger partial charge in [-0.05, 0) is 57.1 Å². The van der Waals surface area contributed by atoms with Crippen molar-refractivity contribution in [1.29, 1.82) is 0 Å². The molecular weight excluding hydrogens is 396 g/mol. The van der Waals surface area contributed by atoms with E-state index in [1.54, 1.807) is 12.3 Å². The van der Waals surface area contributed by atoms with Crippen LogP contribution in [0.4, 0.5) is 16.3 Å². The van der Waals surface area contributed by atoms with E-state index < -0.39 is 6.09 Å². The van der Waals surface area contributed by atoms with Gasteiger partial charge in [-0.2, -0.15) is 0 Å². The summed E-state index contributed by atoms with van der Waals surface area (Å²) >= 11 is 0. The Balaban J connectivity index is 1.31. The van der Waals surface area contributed by atoms with E-state index in [9.17, 15) is 14.7 Å². The van der Waals surface area contributed by atoms with Gasteiger partial charge in [0, 0.05) is 25.7 Å². The molecule has 2 saturated heterocycles. The lowest BCUT2D eigenvalue weighted by Crippen LogP contribution is -2.47. The molecule has 1 aliphatic carbocycles. The molecular formula is C23H30N4O4. The predicted molar refractivity (Wildman–Crippen MR) is 117 cm³/mol. The van der Waals surface area contributed by atoms with Crippen LogP contribution in [0.25, 0.3) is 0 Å². The zero-order chi connectivity index (χ0) is 21.8. The van der Waals surface area contributed by atoms with Gasteiger partial charge in [0.2, 0.25) is 5.91 Å². The van der Waals surface area contributed by atoms with Crippen LogP contribution < -0.4 is 10.2 Å². The van der Waals surface area contributed by atoms with Crippen LogP contribution in [0.5, 0.6) is 0 Å². The fourth-order valence-electron chi connectivity index (χ4n) is 5.10. The highest BCUT2D eigenvalue weighted by atomic mass is 16.5. The standard InChI is InChI=1S/C23H30N4O4/c1-2-15-31-22(30)25-17-3-8-20(24-16-17)26-12-9-23(10-13-26)11-14-27(21(23)29)18-4-6-19(28)7-5-18/h1,3,8,16,18-19,28H,4-7,9-15H2,(H,25,30). The van der Waals surface area contributed by atoms with Crippen LogP contribution >= 0.6 is 0 Å². The van der Waals surface area contributed by atoms with Gasteiger partial charge in [-0.25, -0.2) is 9.78 Å². The molecule has 2 N–H and O–H groups in total. The largest absolute Gasteiger partial charge is 0.436 e. The summed E-state index contributed by atoms with van der Waals surface area (Å²) in [5.41, 5.74) is 0.299. The molecule has 0 aromatic carbocycles. The number of nitrogens with zero attached hydrogens (tertiary/aromatic N) is 3. The summed E-state index contributed by atoms with van der Waals surface area (Å²) in [6.45, 7) is 2.33. The van der Waals surface area contributed by atoms with Crippen molar-refractivity contribution in [2.24, 2.45) is 5.41 Å². The second-order valence-electron chi connectivity index (χ2n) is 8.79. The van der Waals surface area contributed by atoms with Crippen LogP contribution in [0.3, 0.4) is 0 Å². The number of amides is 2. The smallest absolute Gasteiger partial charge is 0.412 e. The van der Waals surface area contributed by atoms with Crippen molar-refractivity contribution in [2.45, 2.75) is 57.1 Å². The Kier molecular flexibility index (Phi) is 6.33. The monoisotopic (exact) mass is 426 g/mol. The van der Waals surface area contributed by atoms with Crippen molar-refractivity contribution in [2.75, 3.05) is 36.5 Å². The summed E-state index contributed by atoms with van der Waals surface area (Å²) in [5.74, 6) is 3.39. The molecule has 3 fully saturated rings. The van der Waals surface area contributed by atoms with Crippen molar-refractivity contribution < 1.29 is 19.4 Å². The number of aromatic nitrogens is 1. The highest BCUT2D eigenvalue weighted by molar-refractivity contribution is 5.86. The highest BCUT2D eigenvalue weighted by Crippen LogP contribution is 2.44. The Bertz CT molecular complexity index is 834. The molecule has 1 spiro atoms. The van der Waals surface area contributed by atoms with E-state index in [1.807, 2.05) is 6.07 Å². The molecule has 8 nitrogen and oxygen atoms in total. The first kappa shape index (κ1) is 21.4. The third kappa shape index (κ3) is 4.62. The minimum absolute atomic E-state index is 0.0777. The second kappa shape index (κ2) is 9.15. The first-order chi connectivity index (χ1) is 15.0. The molecule has 3 heterocycles. The van der Waals surface area contributed by atoms with Gasteiger partial charge in [-0.3, -0.25) is 10.1 Å². The third-order valence-electron chi connectivity index (χ3n) is 6.98. The minimum atomic E-state index is -0.607. The van der Waals surface area contributed by atoms with Crippen LogP contribution in [0.15, 0.2) is 18.3 Å². The van der Waals surface area contributed by atoms with Gasteiger partial charge in [-0.15, -0.1) is 6.42 Å². The zero-order valence-corrected chi connectivity index (χ0v) is 17.8. The molecule has 166 valence electrons. The van der Waals surface area contributed by atoms with Crippen LogP contribution in [-0.2, 0) is 9.53 Å². The number of piperidine rings is 1. The molecule has 0 radical (unpaired) electrons. The average Bonchev–Trinajstić information content (AvgIpc) is 3.10. The molecule has 0 unspecified atom stereocenters. The Morgan fingerprint density at radius 1 is 1.23 bits per heavy atom. The number of aliphatic hydroxyl groups excluding tert-OH is 1. The molecule has 3 aliphatic rings. The van der Waals surface area contributed by atoms with E-state index in [0.717, 1.165) is 70.4 Å². The number of carbonyl (C=O) groups is 2. The molecule has 31 heavy (non-hydrogen) atoms. The van der Waals surface area contributed by atoms with Gasteiger partial charge in [0.15, 0.2) is 6.61 Å². The van der Waals surface area contributed by atoms with Crippen LogP contribution in [0.2, 0.25) is 0 Å². The van der Waals surface area contributed by atoms with Gasteiger partial charge in [0.1, 0.15) is 5.82 Å². The molecule has 2 aliphatic heterocycles. The number of carbonyl (C=O) groups excluding carboxylic acids is 2. The Morgan fingerprint density at radius 2 is 1.94 bits per heavy atom. The summed E-state index contributed by atoms with van der Waals surface area (Å²) < 4.78 is 4.79. The molecule has 0 bridgehead atoms. The van der Waals surface area contributed by atoms with Crippen LogP contribution in [-0.4, -0.2) is 65.4 Å². The molecule has 8 heteroatoms. The van der Waals surface area contributed by atoms with Crippen molar-refractivity contribution in [3.05, 3.63) is 18.3 Å². The number of ether oxygens (including phenoxy) is 1. The third-order valence-corrected chi connectivity index (χ3v) is 6.98. The molecule has 4 rings (SSSR count). The van der Waals surface area contributed by atoms with Crippen molar-refractivity contribution in [3.8, 4) is 12.3 Å². The van der Waals surface area contributed by atoms with Crippen LogP contribution in [0, 0.1) is 17.8 Å². The fourth-order valence-corrected chi connectivity index (χ4v) is 5.10. The maximum Gasteiger partial charge on any atom is 0.412 e. The molecule has 0 atom stereocenters. The van der Waals surface area contributed by atoms with Crippen molar-refractivity contribution in [3.63, 3.8) is 0 Å². The molecule has 1 aromatic heterocycles. The van der Waals surface area contributed by atoms with Crippen molar-refractivity contribution >= 4 is 23.5 Å². The first-order valence-corrected chi connectivity index (χ1v) is 11.1. The Morgan fingerprint density at radius 3 is 2.58 bits per heavy atom. The van der Waals surface area contributed by atoms with Gasteiger partial charge in [0.05, 0.1) is 23.4 Å². The summed E-state index contributed by atoms with van der Waals surface area (Å²) in [4.78, 5) is 33.6. The highest BCUT2D eigenvalue weighted by Gasteiger charge is 2.50. The quantitative estimate of drug-likeness (QED) is 0.718. The lowest BCUT2D eigenvalue weighted by atomic mass is 9.77. The number of aliphatic hydroxyl groups is 1. The molecule has 2 amide bonds. The van der Waals surface area contributed by atoms with E-state index in [1.165, 1.54) is 0 Å². The second-order valence-corrected chi connectivity index (χ2v) is 8.79. The zero-order valence-electron chi connectivity index (χ0n) is 17.8. The Labute approximate surface area is 183 Å². The van der Waals surface area contributed by atoms with E-state index >= 15 is 0 Å². The van der Waals surface area contributed by atoms with Crippen molar-refractivity contribution in [1.82, 2.24) is 9.88 Å². The summed E-state index contributed by atoms with van der Waals surface area (Å²) in [6.07, 6.45) is 11.9. The van der Waals surface area contributed by atoms with Gasteiger partial charge >= 0.3 is 6.09 Å². The summed E-state index contributed by atoms with van der Waals surface area (Å²) in [7, 11) is 0. The number of likely N-dealkylation sites (tertiary alicyclic amines) is 1. The average molecular weight is 427 g/mol. The van der Waals surface area contributed by atoms with E-state index in [4.69, 9.17) is 11.2 Å². The maximum absolute atomic E-state index is 13.3.